The maximum absolute atomic E-state index is 10.6. The number of carboxylic acid groups (broad SMARTS) is 1. The molecule has 1 rings (SSSR count). The van der Waals surface area contributed by atoms with E-state index >= 15 is 0 Å². The number of carbonyl (C=O) groups is 1. The molecule has 0 heterocycles. The van der Waals surface area contributed by atoms with Crippen LogP contribution in [0.2, 0.25) is 0 Å². The minimum atomic E-state index is -0.935. The third-order valence-corrected chi connectivity index (χ3v) is 3.79. The average Bonchev–Trinajstić information content (AvgIpc) is 2.21. The van der Waals surface area contributed by atoms with E-state index < -0.39 is 12.0 Å². The van der Waals surface area contributed by atoms with E-state index in [9.17, 15) is 4.79 Å². The van der Waals surface area contributed by atoms with Gasteiger partial charge in [-0.3, -0.25) is 4.79 Å². The highest BCUT2D eigenvalue weighted by Crippen LogP contribution is 2.22. The Hall–Kier alpha value is -1.00. The SMILES string of the molecule is Cc1cc(C)c(CSCC(N)C(=O)O)c(C)c1. The van der Waals surface area contributed by atoms with Crippen LogP contribution in [0.3, 0.4) is 0 Å². The van der Waals surface area contributed by atoms with Gasteiger partial charge in [0.05, 0.1) is 0 Å². The van der Waals surface area contributed by atoms with Crippen LogP contribution in [0.4, 0.5) is 0 Å². The lowest BCUT2D eigenvalue weighted by molar-refractivity contribution is -0.137. The maximum Gasteiger partial charge on any atom is 0.321 e. The van der Waals surface area contributed by atoms with E-state index in [2.05, 4.69) is 32.9 Å². The van der Waals surface area contributed by atoms with E-state index in [4.69, 9.17) is 10.8 Å². The third kappa shape index (κ3) is 4.06. The smallest absolute Gasteiger partial charge is 0.321 e. The standard InChI is InChI=1S/C13H19NO2S/c1-8-4-9(2)11(10(3)5-8)6-17-7-12(14)13(15)16/h4-5,12H,6-7,14H2,1-3H3,(H,15,16). The minimum absolute atomic E-state index is 0.447. The van der Waals surface area contributed by atoms with Crippen molar-refractivity contribution in [3.8, 4) is 0 Å². The van der Waals surface area contributed by atoms with E-state index in [1.807, 2.05) is 0 Å². The van der Waals surface area contributed by atoms with Crippen molar-refractivity contribution in [1.29, 1.82) is 0 Å². The number of hydrogen-bond acceptors (Lipinski definition) is 3. The zero-order valence-electron chi connectivity index (χ0n) is 10.5. The molecule has 3 nitrogen and oxygen atoms in total. The van der Waals surface area contributed by atoms with Crippen molar-refractivity contribution in [2.75, 3.05) is 5.75 Å². The van der Waals surface area contributed by atoms with Crippen molar-refractivity contribution >= 4 is 17.7 Å². The summed E-state index contributed by atoms with van der Waals surface area (Å²) in [7, 11) is 0. The van der Waals surface area contributed by atoms with Gasteiger partial charge in [-0.15, -0.1) is 0 Å². The van der Waals surface area contributed by atoms with Gasteiger partial charge in [-0.1, -0.05) is 17.7 Å². The summed E-state index contributed by atoms with van der Waals surface area (Å²) in [6, 6.07) is 3.53. The topological polar surface area (TPSA) is 63.3 Å². The second kappa shape index (κ2) is 6.07. The summed E-state index contributed by atoms with van der Waals surface area (Å²) in [5.74, 6) is 0.330. The Bertz CT molecular complexity index is 395. The summed E-state index contributed by atoms with van der Waals surface area (Å²) in [5.41, 5.74) is 10.5. The molecule has 0 radical (unpaired) electrons. The summed E-state index contributed by atoms with van der Waals surface area (Å²) in [6.45, 7) is 6.26. The van der Waals surface area contributed by atoms with Gasteiger partial charge in [0, 0.05) is 11.5 Å². The van der Waals surface area contributed by atoms with Gasteiger partial charge in [-0.2, -0.15) is 11.8 Å². The molecule has 0 aliphatic carbocycles. The summed E-state index contributed by atoms with van der Waals surface area (Å²) >= 11 is 1.57. The first-order valence-electron chi connectivity index (χ1n) is 5.54. The molecule has 0 spiro atoms. The predicted octanol–water partition coefficient (Wildman–Crippen LogP) is 2.26. The zero-order valence-corrected chi connectivity index (χ0v) is 11.3. The van der Waals surface area contributed by atoms with Crippen LogP contribution < -0.4 is 5.73 Å². The van der Waals surface area contributed by atoms with Crippen LogP contribution in [0, 0.1) is 20.8 Å². The first-order chi connectivity index (χ1) is 7.91. The lowest BCUT2D eigenvalue weighted by Crippen LogP contribution is -2.32. The fraction of sp³-hybridized carbons (Fsp3) is 0.462. The highest BCUT2D eigenvalue weighted by Gasteiger charge is 2.12. The molecule has 17 heavy (non-hydrogen) atoms. The van der Waals surface area contributed by atoms with Crippen molar-refractivity contribution in [3.63, 3.8) is 0 Å². The van der Waals surface area contributed by atoms with Crippen LogP contribution >= 0.6 is 11.8 Å². The van der Waals surface area contributed by atoms with Crippen molar-refractivity contribution in [2.45, 2.75) is 32.6 Å². The Balaban J connectivity index is 2.61. The van der Waals surface area contributed by atoms with Gasteiger partial charge in [0.1, 0.15) is 6.04 Å². The molecule has 94 valence electrons. The van der Waals surface area contributed by atoms with Gasteiger partial charge < -0.3 is 10.8 Å². The Labute approximate surface area is 106 Å². The number of hydrogen-bond donors (Lipinski definition) is 2. The fourth-order valence-corrected chi connectivity index (χ4v) is 2.97. The summed E-state index contributed by atoms with van der Waals surface area (Å²) < 4.78 is 0. The molecule has 0 amide bonds. The fourth-order valence-electron chi connectivity index (χ4n) is 1.80. The first-order valence-corrected chi connectivity index (χ1v) is 6.70. The van der Waals surface area contributed by atoms with Crippen molar-refractivity contribution in [3.05, 3.63) is 34.4 Å². The van der Waals surface area contributed by atoms with Crippen LogP contribution in [0.5, 0.6) is 0 Å². The highest BCUT2D eigenvalue weighted by molar-refractivity contribution is 7.98. The van der Waals surface area contributed by atoms with Gasteiger partial charge in [0.2, 0.25) is 0 Å². The molecule has 1 unspecified atom stereocenters. The van der Waals surface area contributed by atoms with Crippen molar-refractivity contribution < 1.29 is 9.90 Å². The second-order valence-electron chi connectivity index (χ2n) is 4.34. The van der Waals surface area contributed by atoms with Crippen LogP contribution in [0.1, 0.15) is 22.3 Å². The number of nitrogens with two attached hydrogens (primary N) is 1. The van der Waals surface area contributed by atoms with Crippen molar-refractivity contribution in [1.82, 2.24) is 0 Å². The number of aliphatic carboxylic acids is 1. The van der Waals surface area contributed by atoms with Crippen LogP contribution in [-0.2, 0) is 10.5 Å². The lowest BCUT2D eigenvalue weighted by Gasteiger charge is -2.12. The Morgan fingerprint density at radius 3 is 2.35 bits per heavy atom. The molecule has 0 bridgehead atoms. The number of rotatable bonds is 5. The van der Waals surface area contributed by atoms with Crippen LogP contribution in [0.15, 0.2) is 12.1 Å². The van der Waals surface area contributed by atoms with Gasteiger partial charge in [-0.05, 0) is 37.5 Å². The van der Waals surface area contributed by atoms with Gasteiger partial charge in [0.15, 0.2) is 0 Å². The Morgan fingerprint density at radius 2 is 1.88 bits per heavy atom. The molecule has 4 heteroatoms. The van der Waals surface area contributed by atoms with E-state index in [0.29, 0.717) is 5.75 Å². The first kappa shape index (κ1) is 14.1. The molecule has 0 aliphatic rings. The molecule has 3 N–H and O–H groups in total. The molecule has 1 aromatic carbocycles. The molecule has 0 fully saturated rings. The monoisotopic (exact) mass is 253 g/mol. The largest absolute Gasteiger partial charge is 0.480 e. The normalized spacial score (nSPS) is 12.5. The second-order valence-corrected chi connectivity index (χ2v) is 5.37. The van der Waals surface area contributed by atoms with Gasteiger partial charge in [0.25, 0.3) is 0 Å². The molecular weight excluding hydrogens is 234 g/mol. The summed E-state index contributed by atoms with van der Waals surface area (Å²) in [5, 5.41) is 8.69. The van der Waals surface area contributed by atoms with E-state index in [1.165, 1.54) is 22.3 Å². The van der Waals surface area contributed by atoms with E-state index in [-0.39, 0.29) is 0 Å². The quantitative estimate of drug-likeness (QED) is 0.845. The predicted molar refractivity (Wildman–Crippen MR) is 72.4 cm³/mol. The molecular formula is C13H19NO2S. The number of benzene rings is 1. The summed E-state index contributed by atoms with van der Waals surface area (Å²) in [4.78, 5) is 10.6. The molecule has 0 aliphatic heterocycles. The molecule has 0 saturated heterocycles. The highest BCUT2D eigenvalue weighted by atomic mass is 32.2. The lowest BCUT2D eigenvalue weighted by atomic mass is 10.0. The van der Waals surface area contributed by atoms with Gasteiger partial charge in [-0.25, -0.2) is 0 Å². The Morgan fingerprint density at radius 1 is 1.35 bits per heavy atom. The number of thioether (sulfide) groups is 1. The third-order valence-electron chi connectivity index (χ3n) is 2.70. The van der Waals surface area contributed by atoms with E-state index in [1.54, 1.807) is 11.8 Å². The number of aryl methyl sites for hydroxylation is 3. The molecule has 1 atom stereocenters. The molecule has 0 aromatic heterocycles. The maximum atomic E-state index is 10.6. The van der Waals surface area contributed by atoms with Crippen LogP contribution in [-0.4, -0.2) is 22.9 Å². The minimum Gasteiger partial charge on any atom is -0.480 e. The van der Waals surface area contributed by atoms with Crippen molar-refractivity contribution in [2.24, 2.45) is 5.73 Å². The van der Waals surface area contributed by atoms with Gasteiger partial charge >= 0.3 is 5.97 Å². The number of carboxylic acids is 1. The zero-order chi connectivity index (χ0) is 13.0. The molecule has 0 saturated carbocycles. The van der Waals surface area contributed by atoms with Crippen LogP contribution in [0.25, 0.3) is 0 Å². The average molecular weight is 253 g/mol. The summed E-state index contributed by atoms with van der Waals surface area (Å²) in [6.07, 6.45) is 0. The Kier molecular flexibility index (Phi) is 5.02. The van der Waals surface area contributed by atoms with E-state index in [0.717, 1.165) is 5.75 Å². The molecule has 1 aromatic rings.